The maximum absolute atomic E-state index is 13.0. The Hall–Kier alpha value is -2.69. The van der Waals surface area contributed by atoms with E-state index in [1.54, 1.807) is 7.11 Å². The molecule has 1 amide bonds. The summed E-state index contributed by atoms with van der Waals surface area (Å²) in [4.78, 5) is 17.2. The fourth-order valence-corrected chi connectivity index (χ4v) is 3.54. The van der Waals surface area contributed by atoms with E-state index in [2.05, 4.69) is 30.0 Å². The van der Waals surface area contributed by atoms with Crippen LogP contribution in [0.15, 0.2) is 48.5 Å². The van der Waals surface area contributed by atoms with Crippen LogP contribution in [-0.2, 0) is 11.2 Å². The molecule has 5 nitrogen and oxygen atoms in total. The van der Waals surface area contributed by atoms with Crippen LogP contribution in [0.4, 0.5) is 5.69 Å². The number of ether oxygens (including phenoxy) is 2. The molecule has 28 heavy (non-hydrogen) atoms. The van der Waals surface area contributed by atoms with Crippen LogP contribution in [0.2, 0.25) is 0 Å². The van der Waals surface area contributed by atoms with Gasteiger partial charge < -0.3 is 19.3 Å². The lowest BCUT2D eigenvalue weighted by molar-refractivity contribution is -0.139. The van der Waals surface area contributed by atoms with Gasteiger partial charge in [-0.25, -0.2) is 0 Å². The summed E-state index contributed by atoms with van der Waals surface area (Å²) in [5.74, 6) is 1.69. The molecule has 1 aliphatic heterocycles. The maximum atomic E-state index is 13.0. The summed E-state index contributed by atoms with van der Waals surface area (Å²) in [6.45, 7) is 7.06. The van der Waals surface area contributed by atoms with E-state index in [9.17, 15) is 4.79 Å². The minimum Gasteiger partial charge on any atom is -0.495 e. The summed E-state index contributed by atoms with van der Waals surface area (Å²) in [6, 6.07) is 16.0. The van der Waals surface area contributed by atoms with Gasteiger partial charge in [-0.15, -0.1) is 0 Å². The summed E-state index contributed by atoms with van der Waals surface area (Å²) in [5.41, 5.74) is 2.34. The minimum absolute atomic E-state index is 0.0711. The van der Waals surface area contributed by atoms with Gasteiger partial charge in [-0.1, -0.05) is 38.1 Å². The predicted octanol–water partition coefficient (Wildman–Crippen LogP) is 3.76. The molecule has 2 aromatic rings. The molecule has 0 aliphatic carbocycles. The first-order chi connectivity index (χ1) is 13.7. The molecule has 0 spiro atoms. The average Bonchev–Trinajstić information content (AvgIpc) is 2.77. The lowest BCUT2D eigenvalue weighted by atomic mass is 10.1. The van der Waals surface area contributed by atoms with Gasteiger partial charge in [-0.05, 0) is 42.7 Å². The van der Waals surface area contributed by atoms with Gasteiger partial charge in [0.15, 0.2) is 6.10 Å². The molecule has 1 fully saturated rings. The van der Waals surface area contributed by atoms with Crippen molar-refractivity contribution >= 4 is 11.6 Å². The number of carbonyl (C=O) groups excluding carboxylic acids is 1. The third-order valence-electron chi connectivity index (χ3n) is 5.27. The Morgan fingerprint density at radius 1 is 1.00 bits per heavy atom. The smallest absolute Gasteiger partial charge is 0.263 e. The molecule has 1 saturated heterocycles. The Morgan fingerprint density at radius 2 is 1.68 bits per heavy atom. The molecule has 150 valence electrons. The number of hydrogen-bond acceptors (Lipinski definition) is 4. The summed E-state index contributed by atoms with van der Waals surface area (Å²) >= 11 is 0. The molecule has 0 bridgehead atoms. The molecule has 1 heterocycles. The number of para-hydroxylation sites is 2. The Morgan fingerprint density at radius 3 is 2.29 bits per heavy atom. The second kappa shape index (κ2) is 9.49. The Kier molecular flexibility index (Phi) is 6.80. The van der Waals surface area contributed by atoms with Gasteiger partial charge in [0.2, 0.25) is 0 Å². The fourth-order valence-electron chi connectivity index (χ4n) is 3.54. The van der Waals surface area contributed by atoms with Gasteiger partial charge in [0, 0.05) is 26.2 Å². The Balaban J connectivity index is 1.59. The molecule has 0 aromatic heterocycles. The van der Waals surface area contributed by atoms with Crippen LogP contribution >= 0.6 is 0 Å². The summed E-state index contributed by atoms with van der Waals surface area (Å²) in [7, 11) is 1.69. The van der Waals surface area contributed by atoms with Crippen LogP contribution in [0.1, 0.15) is 25.8 Å². The number of nitrogens with zero attached hydrogens (tertiary/aromatic N) is 2. The van der Waals surface area contributed by atoms with Crippen molar-refractivity contribution in [2.75, 3.05) is 38.2 Å². The summed E-state index contributed by atoms with van der Waals surface area (Å²) in [6.07, 6.45) is 1.21. The van der Waals surface area contributed by atoms with E-state index >= 15 is 0 Å². The molecular formula is C23H30N2O3. The van der Waals surface area contributed by atoms with E-state index in [0.29, 0.717) is 19.5 Å². The number of carbonyl (C=O) groups is 1. The minimum atomic E-state index is -0.440. The van der Waals surface area contributed by atoms with E-state index in [4.69, 9.17) is 9.47 Å². The molecule has 3 rings (SSSR count). The zero-order valence-corrected chi connectivity index (χ0v) is 17.1. The normalized spacial score (nSPS) is 15.2. The van der Waals surface area contributed by atoms with E-state index in [0.717, 1.165) is 36.7 Å². The molecule has 1 aliphatic rings. The molecular weight excluding hydrogens is 352 g/mol. The van der Waals surface area contributed by atoms with Crippen molar-refractivity contribution < 1.29 is 14.3 Å². The second-order valence-electron chi connectivity index (χ2n) is 7.00. The molecule has 2 aromatic carbocycles. The number of piperazine rings is 1. The second-order valence-corrected chi connectivity index (χ2v) is 7.00. The van der Waals surface area contributed by atoms with Gasteiger partial charge in [0.1, 0.15) is 11.5 Å². The van der Waals surface area contributed by atoms with Gasteiger partial charge >= 0.3 is 0 Å². The van der Waals surface area contributed by atoms with E-state index in [1.165, 1.54) is 5.56 Å². The number of methoxy groups -OCH3 is 1. The fraction of sp³-hybridized carbons (Fsp3) is 0.435. The zero-order valence-electron chi connectivity index (χ0n) is 17.1. The standard InChI is InChI=1S/C23H30N2O3/c1-4-18-10-12-19(13-11-18)28-21(5-2)23(26)25-16-14-24(15-17-25)20-8-6-7-9-22(20)27-3/h6-13,21H,4-5,14-17H2,1-3H3/t21-/m1/s1. The molecule has 5 heteroatoms. The summed E-state index contributed by atoms with van der Waals surface area (Å²) in [5, 5.41) is 0. The van der Waals surface area contributed by atoms with E-state index < -0.39 is 6.10 Å². The lowest BCUT2D eigenvalue weighted by Crippen LogP contribution is -2.52. The van der Waals surface area contributed by atoms with Crippen molar-refractivity contribution in [3.8, 4) is 11.5 Å². The molecule has 1 atom stereocenters. The number of amides is 1. The highest BCUT2D eigenvalue weighted by Crippen LogP contribution is 2.28. The van der Waals surface area contributed by atoms with Crippen molar-refractivity contribution in [1.82, 2.24) is 4.90 Å². The monoisotopic (exact) mass is 382 g/mol. The van der Waals surface area contributed by atoms with Crippen molar-refractivity contribution in [1.29, 1.82) is 0 Å². The van der Waals surface area contributed by atoms with Gasteiger partial charge in [-0.3, -0.25) is 4.79 Å². The van der Waals surface area contributed by atoms with Crippen LogP contribution in [-0.4, -0.2) is 50.2 Å². The number of benzene rings is 2. The molecule has 0 N–H and O–H groups in total. The Bertz CT molecular complexity index is 768. The van der Waals surface area contributed by atoms with Crippen LogP contribution in [0.3, 0.4) is 0 Å². The SMILES string of the molecule is CCc1ccc(O[C@H](CC)C(=O)N2CCN(c3ccccc3OC)CC2)cc1. The average molecular weight is 383 g/mol. The lowest BCUT2D eigenvalue weighted by Gasteiger charge is -2.37. The third kappa shape index (κ3) is 4.58. The molecule has 0 radical (unpaired) electrons. The van der Waals surface area contributed by atoms with Gasteiger partial charge in [0.25, 0.3) is 5.91 Å². The van der Waals surface area contributed by atoms with Crippen LogP contribution in [0, 0.1) is 0 Å². The number of aryl methyl sites for hydroxylation is 1. The van der Waals surface area contributed by atoms with Crippen LogP contribution < -0.4 is 14.4 Å². The number of anilines is 1. The third-order valence-corrected chi connectivity index (χ3v) is 5.27. The largest absolute Gasteiger partial charge is 0.495 e. The maximum Gasteiger partial charge on any atom is 0.263 e. The van der Waals surface area contributed by atoms with Crippen LogP contribution in [0.5, 0.6) is 11.5 Å². The zero-order chi connectivity index (χ0) is 19.9. The highest BCUT2D eigenvalue weighted by Gasteiger charge is 2.28. The first-order valence-electron chi connectivity index (χ1n) is 10.1. The first-order valence-corrected chi connectivity index (χ1v) is 10.1. The van der Waals surface area contributed by atoms with Gasteiger partial charge in [-0.2, -0.15) is 0 Å². The van der Waals surface area contributed by atoms with Crippen LogP contribution in [0.25, 0.3) is 0 Å². The molecule has 0 saturated carbocycles. The van der Waals surface area contributed by atoms with E-state index in [1.807, 2.05) is 42.2 Å². The number of rotatable bonds is 7. The van der Waals surface area contributed by atoms with Crippen molar-refractivity contribution in [2.45, 2.75) is 32.8 Å². The molecule has 0 unspecified atom stereocenters. The first kappa shape index (κ1) is 20.1. The van der Waals surface area contributed by atoms with Crippen molar-refractivity contribution in [2.24, 2.45) is 0 Å². The quantitative estimate of drug-likeness (QED) is 0.731. The highest BCUT2D eigenvalue weighted by molar-refractivity contribution is 5.81. The van der Waals surface area contributed by atoms with Gasteiger partial charge in [0.05, 0.1) is 12.8 Å². The van der Waals surface area contributed by atoms with Crippen molar-refractivity contribution in [3.63, 3.8) is 0 Å². The predicted molar refractivity (Wildman–Crippen MR) is 112 cm³/mol. The van der Waals surface area contributed by atoms with Crippen molar-refractivity contribution in [3.05, 3.63) is 54.1 Å². The Labute approximate surface area is 167 Å². The van der Waals surface area contributed by atoms with E-state index in [-0.39, 0.29) is 5.91 Å². The summed E-state index contributed by atoms with van der Waals surface area (Å²) < 4.78 is 11.5. The number of hydrogen-bond donors (Lipinski definition) is 0. The highest BCUT2D eigenvalue weighted by atomic mass is 16.5. The topological polar surface area (TPSA) is 42.0 Å².